The van der Waals surface area contributed by atoms with Gasteiger partial charge in [0.25, 0.3) is 0 Å². The Kier molecular flexibility index (Phi) is 4.50. The second-order valence-corrected chi connectivity index (χ2v) is 4.30. The molecule has 4 nitrogen and oxygen atoms in total. The van der Waals surface area contributed by atoms with Crippen LogP contribution >= 0.6 is 0 Å². The molecular formula is C11H16F3N3O. The van der Waals surface area contributed by atoms with Gasteiger partial charge in [0, 0.05) is 11.7 Å². The first kappa shape index (κ1) is 14.7. The summed E-state index contributed by atoms with van der Waals surface area (Å²) in [5, 5.41) is 9.01. The summed E-state index contributed by atoms with van der Waals surface area (Å²) in [6.07, 6.45) is -4.32. The van der Waals surface area contributed by atoms with Crippen LogP contribution in [-0.4, -0.2) is 33.8 Å². The number of anilines is 1. The van der Waals surface area contributed by atoms with E-state index >= 15 is 0 Å². The molecule has 0 saturated carbocycles. The quantitative estimate of drug-likeness (QED) is 0.903. The number of hydrogen-bond donors (Lipinski definition) is 1. The van der Waals surface area contributed by atoms with E-state index in [0.717, 1.165) is 4.90 Å². The summed E-state index contributed by atoms with van der Waals surface area (Å²) in [6, 6.07) is 1.15. The first-order chi connectivity index (χ1) is 8.23. The van der Waals surface area contributed by atoms with Gasteiger partial charge in [0.15, 0.2) is 0 Å². The fourth-order valence-electron chi connectivity index (χ4n) is 1.50. The first-order valence-electron chi connectivity index (χ1n) is 5.51. The zero-order chi connectivity index (χ0) is 13.9. The van der Waals surface area contributed by atoms with Gasteiger partial charge in [-0.3, -0.25) is 0 Å². The first-order valence-corrected chi connectivity index (χ1v) is 5.51. The van der Waals surface area contributed by atoms with Crippen molar-refractivity contribution in [3.63, 3.8) is 0 Å². The maximum atomic E-state index is 12.5. The number of alkyl halides is 3. The Bertz CT molecular complexity index is 407. The number of aryl methyl sites for hydroxylation is 1. The third-order valence-electron chi connectivity index (χ3n) is 2.29. The van der Waals surface area contributed by atoms with E-state index < -0.39 is 12.7 Å². The van der Waals surface area contributed by atoms with Crippen molar-refractivity contribution in [2.24, 2.45) is 0 Å². The summed E-state index contributed by atoms with van der Waals surface area (Å²) in [5.41, 5.74) is 0.835. The lowest BCUT2D eigenvalue weighted by Crippen LogP contribution is -2.40. The average Bonchev–Trinajstić information content (AvgIpc) is 2.23. The van der Waals surface area contributed by atoms with Crippen molar-refractivity contribution in [2.75, 3.05) is 11.4 Å². The Labute approximate surface area is 103 Å². The van der Waals surface area contributed by atoms with Gasteiger partial charge in [0.05, 0.1) is 12.3 Å². The van der Waals surface area contributed by atoms with Gasteiger partial charge in [-0.25, -0.2) is 9.97 Å². The van der Waals surface area contributed by atoms with E-state index in [1.54, 1.807) is 20.8 Å². The summed E-state index contributed by atoms with van der Waals surface area (Å²) in [5.74, 6) is -0.00799. The van der Waals surface area contributed by atoms with Crippen molar-refractivity contribution >= 4 is 5.95 Å². The number of hydrogen-bond acceptors (Lipinski definition) is 4. The van der Waals surface area contributed by atoms with Crippen LogP contribution < -0.4 is 4.90 Å². The number of rotatable bonds is 4. The molecular weight excluding hydrogens is 247 g/mol. The molecule has 0 unspecified atom stereocenters. The van der Waals surface area contributed by atoms with E-state index in [1.165, 1.54) is 6.07 Å². The lowest BCUT2D eigenvalue weighted by molar-refractivity contribution is -0.120. The predicted octanol–water partition coefficient (Wildman–Crippen LogP) is 2.05. The second kappa shape index (κ2) is 5.51. The summed E-state index contributed by atoms with van der Waals surface area (Å²) in [7, 11) is 0. The zero-order valence-electron chi connectivity index (χ0n) is 10.5. The van der Waals surface area contributed by atoms with E-state index in [9.17, 15) is 13.2 Å². The van der Waals surface area contributed by atoms with Gasteiger partial charge in [0.1, 0.15) is 6.54 Å². The van der Waals surface area contributed by atoms with Crippen LogP contribution in [0.2, 0.25) is 0 Å². The molecule has 1 aromatic rings. The van der Waals surface area contributed by atoms with Crippen LogP contribution in [0.3, 0.4) is 0 Å². The number of aliphatic hydroxyl groups excluding tert-OH is 1. The number of aromatic nitrogens is 2. The molecule has 18 heavy (non-hydrogen) atoms. The predicted molar refractivity (Wildman–Crippen MR) is 61.2 cm³/mol. The van der Waals surface area contributed by atoms with Gasteiger partial charge in [-0.15, -0.1) is 0 Å². The fraction of sp³-hybridized carbons (Fsp3) is 0.636. The smallest absolute Gasteiger partial charge is 0.390 e. The summed E-state index contributed by atoms with van der Waals surface area (Å²) in [6.45, 7) is 3.48. The molecule has 0 bridgehead atoms. The topological polar surface area (TPSA) is 49.3 Å². The highest BCUT2D eigenvalue weighted by Crippen LogP contribution is 2.22. The van der Waals surface area contributed by atoms with Crippen molar-refractivity contribution in [1.82, 2.24) is 9.97 Å². The molecule has 0 aliphatic heterocycles. The number of halogens is 3. The minimum Gasteiger partial charge on any atom is -0.390 e. The van der Waals surface area contributed by atoms with Crippen LogP contribution in [0, 0.1) is 6.92 Å². The van der Waals surface area contributed by atoms with Crippen LogP contribution in [0.15, 0.2) is 6.07 Å². The molecule has 102 valence electrons. The Morgan fingerprint density at radius 2 is 1.94 bits per heavy atom. The highest BCUT2D eigenvalue weighted by molar-refractivity contribution is 5.33. The fourth-order valence-corrected chi connectivity index (χ4v) is 1.50. The van der Waals surface area contributed by atoms with Crippen LogP contribution in [0.5, 0.6) is 0 Å². The van der Waals surface area contributed by atoms with Crippen LogP contribution in [0.1, 0.15) is 25.2 Å². The van der Waals surface area contributed by atoms with Gasteiger partial charge in [-0.1, -0.05) is 0 Å². The Morgan fingerprint density at radius 3 is 2.39 bits per heavy atom. The lowest BCUT2D eigenvalue weighted by atomic mass is 10.3. The van der Waals surface area contributed by atoms with Crippen LogP contribution in [0.25, 0.3) is 0 Å². The van der Waals surface area contributed by atoms with Crippen molar-refractivity contribution in [1.29, 1.82) is 0 Å². The molecule has 7 heteroatoms. The molecule has 0 amide bonds. The van der Waals surface area contributed by atoms with Crippen molar-refractivity contribution in [2.45, 2.75) is 39.6 Å². The molecule has 0 atom stereocenters. The molecule has 1 rings (SSSR count). The van der Waals surface area contributed by atoms with E-state index in [-0.39, 0.29) is 18.6 Å². The summed E-state index contributed by atoms with van der Waals surface area (Å²) < 4.78 is 37.5. The maximum Gasteiger partial charge on any atom is 0.406 e. The molecule has 0 saturated heterocycles. The molecule has 0 fully saturated rings. The zero-order valence-corrected chi connectivity index (χ0v) is 10.5. The second-order valence-electron chi connectivity index (χ2n) is 4.30. The van der Waals surface area contributed by atoms with E-state index in [1.807, 2.05) is 0 Å². The molecule has 0 radical (unpaired) electrons. The summed E-state index contributed by atoms with van der Waals surface area (Å²) >= 11 is 0. The Balaban J connectivity index is 3.09. The molecule has 0 spiro atoms. The molecule has 1 heterocycles. The van der Waals surface area contributed by atoms with Crippen LogP contribution in [0.4, 0.5) is 19.1 Å². The number of nitrogens with zero attached hydrogens (tertiary/aromatic N) is 3. The third-order valence-corrected chi connectivity index (χ3v) is 2.29. The minimum absolute atomic E-state index is 0.00799. The van der Waals surface area contributed by atoms with E-state index in [0.29, 0.717) is 11.4 Å². The van der Waals surface area contributed by atoms with Gasteiger partial charge in [-0.05, 0) is 26.8 Å². The molecule has 0 aliphatic carbocycles. The van der Waals surface area contributed by atoms with Crippen molar-refractivity contribution < 1.29 is 18.3 Å². The van der Waals surface area contributed by atoms with E-state index in [4.69, 9.17) is 5.11 Å². The highest BCUT2D eigenvalue weighted by atomic mass is 19.4. The lowest BCUT2D eigenvalue weighted by Gasteiger charge is -2.28. The van der Waals surface area contributed by atoms with Crippen molar-refractivity contribution in [3.8, 4) is 0 Å². The normalized spacial score (nSPS) is 12.0. The van der Waals surface area contributed by atoms with Gasteiger partial charge in [0.2, 0.25) is 5.95 Å². The monoisotopic (exact) mass is 263 g/mol. The standard InChI is InChI=1S/C11H16F3N3O/c1-7(2)17(6-11(12,13)14)10-15-8(3)4-9(5-18)16-10/h4,7,18H,5-6H2,1-3H3. The minimum atomic E-state index is -4.32. The Morgan fingerprint density at radius 1 is 1.33 bits per heavy atom. The molecule has 0 aliphatic rings. The average molecular weight is 263 g/mol. The third kappa shape index (κ3) is 4.14. The maximum absolute atomic E-state index is 12.5. The van der Waals surface area contributed by atoms with Gasteiger partial charge in [-0.2, -0.15) is 13.2 Å². The molecule has 1 N–H and O–H groups in total. The SMILES string of the molecule is Cc1cc(CO)nc(N(CC(F)(F)F)C(C)C)n1. The molecule has 0 aromatic carbocycles. The highest BCUT2D eigenvalue weighted by Gasteiger charge is 2.33. The van der Waals surface area contributed by atoms with Gasteiger partial charge >= 0.3 is 6.18 Å². The summed E-state index contributed by atoms with van der Waals surface area (Å²) in [4.78, 5) is 8.98. The van der Waals surface area contributed by atoms with Gasteiger partial charge < -0.3 is 10.0 Å². The largest absolute Gasteiger partial charge is 0.406 e. The molecule has 1 aromatic heterocycles. The Hall–Kier alpha value is -1.37. The number of aliphatic hydroxyl groups is 1. The van der Waals surface area contributed by atoms with Crippen molar-refractivity contribution in [3.05, 3.63) is 17.5 Å². The van der Waals surface area contributed by atoms with E-state index in [2.05, 4.69) is 9.97 Å². The van der Waals surface area contributed by atoms with Crippen LogP contribution in [-0.2, 0) is 6.61 Å².